The Labute approximate surface area is 110 Å². The van der Waals surface area contributed by atoms with E-state index in [9.17, 15) is 0 Å². The molecular weight excluding hydrogens is 224 g/mol. The molecule has 0 amide bonds. The first-order valence-corrected chi connectivity index (χ1v) is 6.97. The summed E-state index contributed by atoms with van der Waals surface area (Å²) in [5.74, 6) is 1.67. The fourth-order valence-corrected chi connectivity index (χ4v) is 2.76. The largest absolute Gasteiger partial charge is 0.494 e. The molecule has 0 bridgehead atoms. The number of rotatable bonds is 4. The van der Waals surface area contributed by atoms with Crippen LogP contribution in [0.2, 0.25) is 0 Å². The molecule has 100 valence electrons. The van der Waals surface area contributed by atoms with Crippen molar-refractivity contribution in [3.63, 3.8) is 0 Å². The minimum absolute atomic E-state index is 0.574. The lowest BCUT2D eigenvalue weighted by Crippen LogP contribution is -2.26. The fourth-order valence-electron chi connectivity index (χ4n) is 2.76. The molecule has 2 rings (SSSR count). The molecule has 2 unspecified atom stereocenters. The first-order valence-electron chi connectivity index (χ1n) is 6.97. The maximum atomic E-state index is 5.90. The number of nitrogens with one attached hydrogen (secondary N) is 1. The van der Waals surface area contributed by atoms with E-state index in [4.69, 9.17) is 10.5 Å². The van der Waals surface area contributed by atoms with Gasteiger partial charge in [-0.2, -0.15) is 0 Å². The molecule has 3 N–H and O–H groups in total. The van der Waals surface area contributed by atoms with Crippen LogP contribution in [0.1, 0.15) is 39.5 Å². The first kappa shape index (κ1) is 13.1. The van der Waals surface area contributed by atoms with Crippen LogP contribution >= 0.6 is 0 Å². The lowest BCUT2D eigenvalue weighted by Gasteiger charge is -2.28. The first-order chi connectivity index (χ1) is 8.67. The summed E-state index contributed by atoms with van der Waals surface area (Å²) in [5.41, 5.74) is 7.74. The van der Waals surface area contributed by atoms with E-state index in [2.05, 4.69) is 12.2 Å². The van der Waals surface area contributed by atoms with Crippen molar-refractivity contribution in [2.24, 2.45) is 5.92 Å². The molecule has 3 nitrogen and oxygen atoms in total. The predicted molar refractivity (Wildman–Crippen MR) is 77.1 cm³/mol. The number of nitrogens with two attached hydrogens (primary N) is 1. The Hall–Kier alpha value is -1.38. The highest BCUT2D eigenvalue weighted by molar-refractivity contribution is 5.59. The van der Waals surface area contributed by atoms with E-state index >= 15 is 0 Å². The van der Waals surface area contributed by atoms with Crippen LogP contribution in [0.25, 0.3) is 0 Å². The van der Waals surface area contributed by atoms with Gasteiger partial charge < -0.3 is 15.8 Å². The molecule has 18 heavy (non-hydrogen) atoms. The summed E-state index contributed by atoms with van der Waals surface area (Å²) in [4.78, 5) is 0. The van der Waals surface area contributed by atoms with Crippen molar-refractivity contribution in [2.75, 3.05) is 17.7 Å². The van der Waals surface area contributed by atoms with Gasteiger partial charge in [0.05, 0.1) is 6.61 Å². The molecule has 0 heterocycles. The molecule has 1 fully saturated rings. The summed E-state index contributed by atoms with van der Waals surface area (Å²) in [6, 6.07) is 6.48. The molecule has 1 saturated carbocycles. The Morgan fingerprint density at radius 3 is 2.89 bits per heavy atom. The zero-order chi connectivity index (χ0) is 13.0. The summed E-state index contributed by atoms with van der Waals surface area (Å²) in [6.45, 7) is 4.99. The molecule has 0 radical (unpaired) electrons. The second-order valence-electron chi connectivity index (χ2n) is 5.34. The second-order valence-corrected chi connectivity index (χ2v) is 5.34. The molecule has 1 aromatic rings. The summed E-state index contributed by atoms with van der Waals surface area (Å²) < 4.78 is 5.52. The standard InChI is InChI=1S/C15H24N2O/c1-3-18-15-9-12(16)8-14(10-15)17-13-6-4-5-11(2)7-13/h8-11,13,17H,3-7,16H2,1-2H3. The van der Waals surface area contributed by atoms with Crippen LogP contribution in [0.5, 0.6) is 5.75 Å². The maximum absolute atomic E-state index is 5.90. The van der Waals surface area contributed by atoms with Gasteiger partial charge in [-0.25, -0.2) is 0 Å². The monoisotopic (exact) mass is 248 g/mol. The average Bonchev–Trinajstić information content (AvgIpc) is 2.28. The third-order valence-corrected chi connectivity index (χ3v) is 3.55. The lowest BCUT2D eigenvalue weighted by molar-refractivity contribution is 0.340. The van der Waals surface area contributed by atoms with Gasteiger partial charge in [0, 0.05) is 29.5 Å². The van der Waals surface area contributed by atoms with Crippen LogP contribution in [0.15, 0.2) is 18.2 Å². The number of nitrogen functional groups attached to an aromatic ring is 1. The zero-order valence-electron chi connectivity index (χ0n) is 11.4. The van der Waals surface area contributed by atoms with Crippen LogP contribution < -0.4 is 15.8 Å². The lowest BCUT2D eigenvalue weighted by atomic mass is 9.87. The highest BCUT2D eigenvalue weighted by Crippen LogP contribution is 2.28. The minimum Gasteiger partial charge on any atom is -0.494 e. The van der Waals surface area contributed by atoms with Crippen molar-refractivity contribution >= 4 is 11.4 Å². The topological polar surface area (TPSA) is 47.3 Å². The average molecular weight is 248 g/mol. The van der Waals surface area contributed by atoms with E-state index in [1.807, 2.05) is 25.1 Å². The van der Waals surface area contributed by atoms with Gasteiger partial charge in [0.2, 0.25) is 0 Å². The van der Waals surface area contributed by atoms with Crippen LogP contribution in [-0.2, 0) is 0 Å². The van der Waals surface area contributed by atoms with Crippen molar-refractivity contribution in [3.8, 4) is 5.75 Å². The van der Waals surface area contributed by atoms with E-state index in [1.165, 1.54) is 25.7 Å². The number of anilines is 2. The zero-order valence-corrected chi connectivity index (χ0v) is 11.4. The van der Waals surface area contributed by atoms with Crippen molar-refractivity contribution in [1.29, 1.82) is 0 Å². The van der Waals surface area contributed by atoms with E-state index < -0.39 is 0 Å². The summed E-state index contributed by atoms with van der Waals surface area (Å²) >= 11 is 0. The molecule has 1 aliphatic rings. The fraction of sp³-hybridized carbons (Fsp3) is 0.600. The highest BCUT2D eigenvalue weighted by atomic mass is 16.5. The molecule has 0 saturated heterocycles. The van der Waals surface area contributed by atoms with Gasteiger partial charge in [0.1, 0.15) is 5.75 Å². The molecule has 1 aromatic carbocycles. The van der Waals surface area contributed by atoms with Gasteiger partial charge in [-0.3, -0.25) is 0 Å². The van der Waals surface area contributed by atoms with Gasteiger partial charge in [0.25, 0.3) is 0 Å². The van der Waals surface area contributed by atoms with Crippen LogP contribution in [-0.4, -0.2) is 12.6 Å². The molecule has 2 atom stereocenters. The second kappa shape index (κ2) is 5.98. The minimum atomic E-state index is 0.574. The number of hydrogen-bond acceptors (Lipinski definition) is 3. The molecule has 1 aliphatic carbocycles. The quantitative estimate of drug-likeness (QED) is 0.799. The van der Waals surface area contributed by atoms with Gasteiger partial charge in [-0.15, -0.1) is 0 Å². The number of ether oxygens (including phenoxy) is 1. The van der Waals surface area contributed by atoms with Crippen molar-refractivity contribution in [2.45, 2.75) is 45.6 Å². The smallest absolute Gasteiger partial charge is 0.123 e. The Balaban J connectivity index is 2.03. The predicted octanol–water partition coefficient (Wildman–Crippen LogP) is 3.66. The van der Waals surface area contributed by atoms with E-state index in [0.717, 1.165) is 23.0 Å². The Morgan fingerprint density at radius 1 is 1.33 bits per heavy atom. The van der Waals surface area contributed by atoms with Gasteiger partial charge >= 0.3 is 0 Å². The molecule has 0 spiro atoms. The number of hydrogen-bond donors (Lipinski definition) is 2. The SMILES string of the molecule is CCOc1cc(N)cc(NC2CCCC(C)C2)c1. The van der Waals surface area contributed by atoms with Crippen molar-refractivity contribution in [3.05, 3.63) is 18.2 Å². The van der Waals surface area contributed by atoms with Crippen molar-refractivity contribution in [1.82, 2.24) is 0 Å². The molecule has 3 heteroatoms. The third-order valence-electron chi connectivity index (χ3n) is 3.55. The molecular formula is C15H24N2O. The number of benzene rings is 1. The van der Waals surface area contributed by atoms with Crippen LogP contribution in [0.3, 0.4) is 0 Å². The Bertz CT molecular complexity index is 392. The third kappa shape index (κ3) is 3.56. The maximum Gasteiger partial charge on any atom is 0.123 e. The normalized spacial score (nSPS) is 23.7. The van der Waals surface area contributed by atoms with Crippen LogP contribution in [0.4, 0.5) is 11.4 Å². The van der Waals surface area contributed by atoms with Gasteiger partial charge in [-0.05, 0) is 31.7 Å². The van der Waals surface area contributed by atoms with Gasteiger partial charge in [0.15, 0.2) is 0 Å². The van der Waals surface area contributed by atoms with E-state index in [0.29, 0.717) is 12.6 Å². The Morgan fingerprint density at radius 2 is 2.17 bits per heavy atom. The van der Waals surface area contributed by atoms with Gasteiger partial charge in [-0.1, -0.05) is 19.8 Å². The van der Waals surface area contributed by atoms with Crippen molar-refractivity contribution < 1.29 is 4.74 Å². The van der Waals surface area contributed by atoms with E-state index in [-0.39, 0.29) is 0 Å². The molecule has 0 aliphatic heterocycles. The highest BCUT2D eigenvalue weighted by Gasteiger charge is 2.18. The van der Waals surface area contributed by atoms with E-state index in [1.54, 1.807) is 0 Å². The summed E-state index contributed by atoms with van der Waals surface area (Å²) in [6.07, 6.45) is 5.18. The van der Waals surface area contributed by atoms with Crippen LogP contribution in [0, 0.1) is 5.92 Å². The summed E-state index contributed by atoms with van der Waals surface area (Å²) in [5, 5.41) is 3.59. The molecule has 0 aromatic heterocycles. The Kier molecular flexibility index (Phi) is 4.34. The summed E-state index contributed by atoms with van der Waals surface area (Å²) in [7, 11) is 0.